The van der Waals surface area contributed by atoms with Gasteiger partial charge in [-0.3, -0.25) is 4.55 Å². The molecule has 6 heteroatoms. The molecule has 0 amide bonds. The third-order valence-electron chi connectivity index (χ3n) is 2.50. The maximum atomic E-state index is 11.1. The van der Waals surface area contributed by atoms with Crippen molar-refractivity contribution in [3.05, 3.63) is 42.5 Å². The van der Waals surface area contributed by atoms with Crippen LogP contribution in [0.1, 0.15) is 0 Å². The van der Waals surface area contributed by atoms with E-state index in [-0.39, 0.29) is 4.90 Å². The Balaban J connectivity index is 2.09. The molecule has 0 aliphatic carbocycles. The lowest BCUT2D eigenvalue weighted by atomic mass is 10.3. The third-order valence-corrected chi connectivity index (χ3v) is 4.45. The van der Waals surface area contributed by atoms with Crippen molar-refractivity contribution < 1.29 is 17.7 Å². The molecule has 0 saturated heterocycles. The number of fused-ring (bicyclic) bond motifs is 2. The van der Waals surface area contributed by atoms with Crippen molar-refractivity contribution in [3.63, 3.8) is 0 Å². The first-order valence-electron chi connectivity index (χ1n) is 5.10. The van der Waals surface area contributed by atoms with Gasteiger partial charge in [0.05, 0.1) is 14.7 Å². The van der Waals surface area contributed by atoms with Crippen molar-refractivity contribution in [1.29, 1.82) is 0 Å². The number of hydrogen-bond acceptors (Lipinski definition) is 4. The van der Waals surface area contributed by atoms with E-state index < -0.39 is 10.1 Å². The minimum absolute atomic E-state index is 0.128. The summed E-state index contributed by atoms with van der Waals surface area (Å²) >= 11 is 1.41. The standard InChI is InChI=1S/C12H8O4S2/c13-18(14,15)8-5-6-10-12(7-8)17-11-4-2-1-3-9(11)16-10/h1-7H,(H,13,14,15). The van der Waals surface area contributed by atoms with Gasteiger partial charge >= 0.3 is 0 Å². The van der Waals surface area contributed by atoms with Gasteiger partial charge < -0.3 is 4.74 Å². The van der Waals surface area contributed by atoms with Gasteiger partial charge in [-0.2, -0.15) is 8.42 Å². The van der Waals surface area contributed by atoms with Crippen molar-refractivity contribution in [2.24, 2.45) is 0 Å². The summed E-state index contributed by atoms with van der Waals surface area (Å²) in [6.07, 6.45) is 0. The summed E-state index contributed by atoms with van der Waals surface area (Å²) in [5.41, 5.74) is 0. The third kappa shape index (κ3) is 1.98. The molecule has 0 unspecified atom stereocenters. The zero-order valence-electron chi connectivity index (χ0n) is 9.03. The van der Waals surface area contributed by atoms with Crippen LogP contribution in [0.15, 0.2) is 57.2 Å². The van der Waals surface area contributed by atoms with Gasteiger partial charge in [-0.25, -0.2) is 0 Å². The maximum absolute atomic E-state index is 11.1. The Kier molecular flexibility index (Phi) is 2.58. The summed E-state index contributed by atoms with van der Waals surface area (Å²) in [6, 6.07) is 11.8. The number of rotatable bonds is 1. The molecule has 1 aliphatic rings. The van der Waals surface area contributed by atoms with Crippen LogP contribution in [0.25, 0.3) is 0 Å². The van der Waals surface area contributed by atoms with E-state index in [0.29, 0.717) is 10.6 Å². The first-order chi connectivity index (χ1) is 8.54. The van der Waals surface area contributed by atoms with Crippen LogP contribution in [0.4, 0.5) is 0 Å². The van der Waals surface area contributed by atoms with Gasteiger partial charge in [0, 0.05) is 0 Å². The summed E-state index contributed by atoms with van der Waals surface area (Å²) in [7, 11) is -4.18. The predicted octanol–water partition coefficient (Wildman–Crippen LogP) is 3.19. The Labute approximate surface area is 108 Å². The highest BCUT2D eigenvalue weighted by atomic mass is 32.2. The molecule has 0 spiro atoms. The number of hydrogen-bond donors (Lipinski definition) is 1. The van der Waals surface area contributed by atoms with Crippen LogP contribution in [0.5, 0.6) is 11.5 Å². The fraction of sp³-hybridized carbons (Fsp3) is 0. The van der Waals surface area contributed by atoms with Crippen LogP contribution in [-0.2, 0) is 10.1 Å². The highest BCUT2D eigenvalue weighted by molar-refractivity contribution is 7.99. The highest BCUT2D eigenvalue weighted by Gasteiger charge is 2.20. The van der Waals surface area contributed by atoms with Crippen LogP contribution in [0, 0.1) is 0 Å². The van der Waals surface area contributed by atoms with Crippen LogP contribution in [0.2, 0.25) is 0 Å². The summed E-state index contributed by atoms with van der Waals surface area (Å²) in [5, 5.41) is 0. The van der Waals surface area contributed by atoms with E-state index in [1.165, 1.54) is 23.9 Å². The Bertz CT molecular complexity index is 723. The fourth-order valence-corrected chi connectivity index (χ4v) is 3.24. The molecule has 0 radical (unpaired) electrons. The van der Waals surface area contributed by atoms with Crippen molar-refractivity contribution in [2.45, 2.75) is 14.7 Å². The van der Waals surface area contributed by atoms with Gasteiger partial charge in [0.2, 0.25) is 0 Å². The van der Waals surface area contributed by atoms with Crippen LogP contribution in [0.3, 0.4) is 0 Å². The molecule has 1 N–H and O–H groups in total. The van der Waals surface area contributed by atoms with Gasteiger partial charge in [-0.05, 0) is 30.3 Å². The molecule has 1 heterocycles. The molecule has 18 heavy (non-hydrogen) atoms. The molecule has 0 atom stereocenters. The van der Waals surface area contributed by atoms with Gasteiger partial charge in [0.1, 0.15) is 11.5 Å². The Hall–Kier alpha value is -1.50. The van der Waals surface area contributed by atoms with Crippen molar-refractivity contribution in [3.8, 4) is 11.5 Å². The average Bonchev–Trinajstić information content (AvgIpc) is 2.34. The lowest BCUT2D eigenvalue weighted by Gasteiger charge is -2.19. The minimum Gasteiger partial charge on any atom is -0.455 e. The second-order valence-electron chi connectivity index (χ2n) is 3.73. The van der Waals surface area contributed by atoms with E-state index in [1.54, 1.807) is 6.07 Å². The van der Waals surface area contributed by atoms with Crippen LogP contribution in [-0.4, -0.2) is 13.0 Å². The second-order valence-corrected chi connectivity index (χ2v) is 6.24. The van der Waals surface area contributed by atoms with E-state index in [2.05, 4.69) is 0 Å². The molecular formula is C12H8O4S2. The van der Waals surface area contributed by atoms with E-state index in [1.807, 2.05) is 24.3 Å². The molecule has 3 rings (SSSR count). The minimum atomic E-state index is -4.18. The summed E-state index contributed by atoms with van der Waals surface area (Å²) < 4.78 is 36.8. The first kappa shape index (κ1) is 11.6. The Morgan fingerprint density at radius 2 is 1.72 bits per heavy atom. The molecule has 4 nitrogen and oxygen atoms in total. The van der Waals surface area contributed by atoms with E-state index in [9.17, 15) is 8.42 Å². The van der Waals surface area contributed by atoms with E-state index in [4.69, 9.17) is 9.29 Å². The monoisotopic (exact) mass is 280 g/mol. The SMILES string of the molecule is O=S(=O)(O)c1ccc2c(c1)Sc1ccccc1O2. The molecule has 92 valence electrons. The van der Waals surface area contributed by atoms with Gasteiger partial charge in [-0.15, -0.1) is 0 Å². The molecule has 0 fully saturated rings. The van der Waals surface area contributed by atoms with E-state index in [0.717, 1.165) is 10.6 Å². The lowest BCUT2D eigenvalue weighted by Crippen LogP contribution is -2.00. The molecular weight excluding hydrogens is 272 g/mol. The Morgan fingerprint density at radius 1 is 1.00 bits per heavy atom. The van der Waals surface area contributed by atoms with Gasteiger partial charge in [0.15, 0.2) is 0 Å². The Morgan fingerprint density at radius 3 is 2.50 bits per heavy atom. The molecule has 1 aliphatic heterocycles. The zero-order chi connectivity index (χ0) is 12.8. The van der Waals surface area contributed by atoms with Crippen molar-refractivity contribution >= 4 is 21.9 Å². The molecule has 0 bridgehead atoms. The quantitative estimate of drug-likeness (QED) is 0.693. The van der Waals surface area contributed by atoms with Gasteiger partial charge in [0.25, 0.3) is 10.1 Å². The lowest BCUT2D eigenvalue weighted by molar-refractivity contribution is 0.452. The molecule has 0 saturated carbocycles. The van der Waals surface area contributed by atoms with Crippen LogP contribution < -0.4 is 4.74 Å². The smallest absolute Gasteiger partial charge is 0.294 e. The summed E-state index contributed by atoms with van der Waals surface area (Å²) in [5.74, 6) is 1.33. The topological polar surface area (TPSA) is 63.6 Å². The van der Waals surface area contributed by atoms with Gasteiger partial charge in [-0.1, -0.05) is 23.9 Å². The van der Waals surface area contributed by atoms with Crippen LogP contribution >= 0.6 is 11.8 Å². The fourth-order valence-electron chi connectivity index (χ4n) is 1.67. The maximum Gasteiger partial charge on any atom is 0.294 e. The molecule has 2 aromatic rings. The molecule has 2 aromatic carbocycles. The zero-order valence-corrected chi connectivity index (χ0v) is 10.7. The van der Waals surface area contributed by atoms with Crippen molar-refractivity contribution in [1.82, 2.24) is 0 Å². The second kappa shape index (κ2) is 4.01. The average molecular weight is 280 g/mol. The van der Waals surface area contributed by atoms with E-state index >= 15 is 0 Å². The first-order valence-corrected chi connectivity index (χ1v) is 7.36. The largest absolute Gasteiger partial charge is 0.455 e. The number of ether oxygens (including phenoxy) is 1. The normalized spacial score (nSPS) is 13.4. The predicted molar refractivity (Wildman–Crippen MR) is 66.9 cm³/mol. The summed E-state index contributed by atoms with van der Waals surface area (Å²) in [4.78, 5) is 1.46. The summed E-state index contributed by atoms with van der Waals surface area (Å²) in [6.45, 7) is 0. The molecule has 0 aromatic heterocycles. The number of para-hydroxylation sites is 1. The highest BCUT2D eigenvalue weighted by Crippen LogP contribution is 2.47. The van der Waals surface area contributed by atoms with Crippen molar-refractivity contribution in [2.75, 3.05) is 0 Å². The number of benzene rings is 2.